The van der Waals surface area contributed by atoms with Crippen LogP contribution < -0.4 is 5.32 Å². The third-order valence-corrected chi connectivity index (χ3v) is 4.67. The summed E-state index contributed by atoms with van der Waals surface area (Å²) in [5.41, 5.74) is 0.338. The van der Waals surface area contributed by atoms with Crippen LogP contribution in [0, 0.1) is 11.3 Å². The van der Waals surface area contributed by atoms with Gasteiger partial charge in [0.05, 0.1) is 0 Å². The molecule has 0 aliphatic heterocycles. The number of rotatable bonds is 11. The molecule has 0 aromatic heterocycles. The van der Waals surface area contributed by atoms with Gasteiger partial charge in [0.1, 0.15) is 6.04 Å². The third kappa shape index (κ3) is 13.0. The molecule has 5 heteroatoms. The minimum atomic E-state index is -0.947. The SMILES string of the molecule is CC(C)CSC[C@H](NC(=O)CCCCCC(C)(C)C)C(=O)O. The molecule has 0 spiro atoms. The summed E-state index contributed by atoms with van der Waals surface area (Å²) in [4.78, 5) is 23.0. The molecule has 0 saturated heterocycles. The molecule has 0 bridgehead atoms. The highest BCUT2D eigenvalue weighted by Gasteiger charge is 2.19. The first-order valence-electron chi connectivity index (χ1n) is 8.21. The van der Waals surface area contributed by atoms with Crippen molar-refractivity contribution in [3.63, 3.8) is 0 Å². The average molecular weight is 332 g/mol. The molecule has 0 saturated carbocycles. The predicted octanol–water partition coefficient (Wildman–Crippen LogP) is 3.94. The molecule has 4 nitrogen and oxygen atoms in total. The van der Waals surface area contributed by atoms with Crippen molar-refractivity contribution in [2.75, 3.05) is 11.5 Å². The summed E-state index contributed by atoms with van der Waals surface area (Å²) in [5.74, 6) is 0.777. The zero-order chi connectivity index (χ0) is 17.2. The number of carbonyl (C=O) groups excluding carboxylic acids is 1. The lowest BCUT2D eigenvalue weighted by molar-refractivity contribution is -0.141. The first-order chi connectivity index (χ1) is 10.1. The Morgan fingerprint density at radius 1 is 1.09 bits per heavy atom. The molecule has 22 heavy (non-hydrogen) atoms. The molecule has 1 atom stereocenters. The Bertz CT molecular complexity index is 337. The molecule has 0 aliphatic carbocycles. The average Bonchev–Trinajstić information content (AvgIpc) is 2.35. The summed E-state index contributed by atoms with van der Waals surface area (Å²) in [5, 5.41) is 11.8. The number of amides is 1. The van der Waals surface area contributed by atoms with Crippen LogP contribution in [-0.4, -0.2) is 34.5 Å². The van der Waals surface area contributed by atoms with Gasteiger partial charge in [-0.15, -0.1) is 0 Å². The van der Waals surface area contributed by atoms with E-state index in [1.807, 2.05) is 0 Å². The van der Waals surface area contributed by atoms with Gasteiger partial charge in [-0.3, -0.25) is 4.79 Å². The maximum atomic E-state index is 11.8. The normalized spacial score (nSPS) is 13.2. The van der Waals surface area contributed by atoms with Crippen LogP contribution in [0.2, 0.25) is 0 Å². The van der Waals surface area contributed by atoms with E-state index in [1.165, 1.54) is 0 Å². The molecule has 1 amide bonds. The minimum Gasteiger partial charge on any atom is -0.480 e. The Morgan fingerprint density at radius 3 is 2.23 bits per heavy atom. The minimum absolute atomic E-state index is 0.145. The van der Waals surface area contributed by atoms with E-state index < -0.39 is 12.0 Å². The van der Waals surface area contributed by atoms with Crippen molar-refractivity contribution < 1.29 is 14.7 Å². The van der Waals surface area contributed by atoms with Crippen LogP contribution >= 0.6 is 11.8 Å². The largest absolute Gasteiger partial charge is 0.480 e. The van der Waals surface area contributed by atoms with Crippen LogP contribution in [0.3, 0.4) is 0 Å². The first-order valence-corrected chi connectivity index (χ1v) is 9.37. The van der Waals surface area contributed by atoms with Gasteiger partial charge in [0.2, 0.25) is 5.91 Å². The Balaban J connectivity index is 3.91. The molecular weight excluding hydrogens is 298 g/mol. The fourth-order valence-corrected chi connectivity index (χ4v) is 3.05. The highest BCUT2D eigenvalue weighted by atomic mass is 32.2. The smallest absolute Gasteiger partial charge is 0.327 e. The highest BCUT2D eigenvalue weighted by Crippen LogP contribution is 2.22. The highest BCUT2D eigenvalue weighted by molar-refractivity contribution is 7.99. The fraction of sp³-hybridized carbons (Fsp3) is 0.882. The molecular formula is C17H33NO3S. The summed E-state index contributed by atoms with van der Waals surface area (Å²) < 4.78 is 0. The van der Waals surface area contributed by atoms with E-state index in [1.54, 1.807) is 11.8 Å². The van der Waals surface area contributed by atoms with Crippen molar-refractivity contribution in [1.82, 2.24) is 5.32 Å². The second-order valence-corrected chi connectivity index (χ2v) is 8.59. The van der Waals surface area contributed by atoms with Crippen molar-refractivity contribution in [1.29, 1.82) is 0 Å². The molecule has 0 aliphatic rings. The van der Waals surface area contributed by atoms with Crippen molar-refractivity contribution in [2.24, 2.45) is 11.3 Å². The second-order valence-electron chi connectivity index (χ2n) is 7.51. The van der Waals surface area contributed by atoms with E-state index in [2.05, 4.69) is 39.9 Å². The van der Waals surface area contributed by atoms with Crippen LogP contribution in [0.4, 0.5) is 0 Å². The second kappa shape index (κ2) is 10.9. The van der Waals surface area contributed by atoms with E-state index in [9.17, 15) is 9.59 Å². The lowest BCUT2D eigenvalue weighted by atomic mass is 9.89. The van der Waals surface area contributed by atoms with Gasteiger partial charge in [0, 0.05) is 12.2 Å². The van der Waals surface area contributed by atoms with Crippen molar-refractivity contribution in [3.8, 4) is 0 Å². The topological polar surface area (TPSA) is 66.4 Å². The van der Waals surface area contributed by atoms with Gasteiger partial charge in [0.15, 0.2) is 0 Å². The van der Waals surface area contributed by atoms with Crippen LogP contribution in [-0.2, 0) is 9.59 Å². The zero-order valence-electron chi connectivity index (χ0n) is 14.8. The maximum absolute atomic E-state index is 11.8. The molecule has 0 aromatic carbocycles. The standard InChI is InChI=1S/C17H33NO3S/c1-13(2)11-22-12-14(16(20)21)18-15(19)9-7-6-8-10-17(3,4)5/h13-14H,6-12H2,1-5H3,(H,18,19)(H,20,21)/t14-/m0/s1. The van der Waals surface area contributed by atoms with E-state index in [0.717, 1.165) is 31.4 Å². The van der Waals surface area contributed by atoms with Crippen molar-refractivity contribution >= 4 is 23.6 Å². The van der Waals surface area contributed by atoms with E-state index in [-0.39, 0.29) is 5.91 Å². The van der Waals surface area contributed by atoms with Crippen LogP contribution in [0.5, 0.6) is 0 Å². The van der Waals surface area contributed by atoms with Crippen LogP contribution in [0.15, 0.2) is 0 Å². The fourth-order valence-electron chi connectivity index (χ4n) is 1.98. The third-order valence-electron chi connectivity index (χ3n) is 3.20. The van der Waals surface area contributed by atoms with E-state index in [4.69, 9.17) is 5.11 Å². The summed E-state index contributed by atoms with van der Waals surface area (Å²) in [6.07, 6.45) is 4.53. The number of hydrogen-bond donors (Lipinski definition) is 2. The molecule has 2 N–H and O–H groups in total. The van der Waals surface area contributed by atoms with Crippen molar-refractivity contribution in [3.05, 3.63) is 0 Å². The number of carboxylic acids is 1. The summed E-state index contributed by atoms with van der Waals surface area (Å²) in [6.45, 7) is 10.8. The summed E-state index contributed by atoms with van der Waals surface area (Å²) in [7, 11) is 0. The van der Waals surface area contributed by atoms with Gasteiger partial charge in [-0.2, -0.15) is 11.8 Å². The molecule has 0 heterocycles. The Hall–Kier alpha value is -0.710. The van der Waals surface area contributed by atoms with E-state index in [0.29, 0.717) is 23.5 Å². The molecule has 0 radical (unpaired) electrons. The molecule has 0 aromatic rings. The number of carbonyl (C=O) groups is 2. The van der Waals surface area contributed by atoms with Gasteiger partial charge in [0.25, 0.3) is 0 Å². The number of nitrogens with one attached hydrogen (secondary N) is 1. The molecule has 130 valence electrons. The first kappa shape index (κ1) is 21.3. The number of hydrogen-bond acceptors (Lipinski definition) is 3. The monoisotopic (exact) mass is 331 g/mol. The van der Waals surface area contributed by atoms with Gasteiger partial charge in [-0.25, -0.2) is 4.79 Å². The van der Waals surface area contributed by atoms with Crippen LogP contribution in [0.1, 0.15) is 66.7 Å². The molecule has 0 unspecified atom stereocenters. The quantitative estimate of drug-likeness (QED) is 0.563. The van der Waals surface area contributed by atoms with Gasteiger partial charge in [-0.05, 0) is 29.9 Å². The Labute approximate surface area is 139 Å². The maximum Gasteiger partial charge on any atom is 0.327 e. The van der Waals surface area contributed by atoms with Gasteiger partial charge in [-0.1, -0.05) is 47.5 Å². The summed E-state index contributed by atoms with van der Waals surface area (Å²) >= 11 is 1.58. The lowest BCUT2D eigenvalue weighted by Gasteiger charge is -2.17. The zero-order valence-corrected chi connectivity index (χ0v) is 15.6. The van der Waals surface area contributed by atoms with E-state index >= 15 is 0 Å². The number of carboxylic acid groups (broad SMARTS) is 1. The Morgan fingerprint density at radius 2 is 1.73 bits per heavy atom. The van der Waals surface area contributed by atoms with Crippen molar-refractivity contribution in [2.45, 2.75) is 72.8 Å². The van der Waals surface area contributed by atoms with Gasteiger partial charge >= 0.3 is 5.97 Å². The molecule has 0 rings (SSSR count). The lowest BCUT2D eigenvalue weighted by Crippen LogP contribution is -2.42. The van der Waals surface area contributed by atoms with Crippen LogP contribution in [0.25, 0.3) is 0 Å². The number of aliphatic carboxylic acids is 1. The summed E-state index contributed by atoms with van der Waals surface area (Å²) in [6, 6.07) is -0.772. The van der Waals surface area contributed by atoms with Gasteiger partial charge < -0.3 is 10.4 Å². The molecule has 0 fully saturated rings. The predicted molar refractivity (Wildman–Crippen MR) is 94.3 cm³/mol. The number of thioether (sulfide) groups is 1. The number of unbranched alkanes of at least 4 members (excludes halogenated alkanes) is 2. The Kier molecular flexibility index (Phi) is 10.6.